The van der Waals surface area contributed by atoms with Crippen LogP contribution < -0.4 is 15.4 Å². The average molecular weight is 369 g/mol. The minimum absolute atomic E-state index is 0.0781. The first kappa shape index (κ1) is 16.2. The molecule has 4 rings (SSSR count). The number of nitrogens with zero attached hydrogens (tertiary/aromatic N) is 1. The van der Waals surface area contributed by atoms with Gasteiger partial charge in [-0.2, -0.15) is 0 Å². The van der Waals surface area contributed by atoms with Crippen molar-refractivity contribution in [3.05, 3.63) is 58.7 Å². The molecule has 0 aliphatic carbocycles. The molecule has 0 saturated heterocycles. The number of fused-ring (bicyclic) bond motifs is 1. The molecule has 0 unspecified atom stereocenters. The number of carbonyl (C=O) groups excluding carboxylic acids is 2. The lowest BCUT2D eigenvalue weighted by Crippen LogP contribution is -2.25. The first-order chi connectivity index (χ1) is 12.6. The van der Waals surface area contributed by atoms with Crippen LogP contribution in [0.2, 0.25) is 0 Å². The Kier molecular flexibility index (Phi) is 4.10. The molecule has 0 saturated carbocycles. The van der Waals surface area contributed by atoms with E-state index in [2.05, 4.69) is 15.6 Å². The molecule has 1 aliphatic rings. The van der Waals surface area contributed by atoms with Crippen molar-refractivity contribution in [1.29, 1.82) is 0 Å². The number of thiazole rings is 1. The maximum absolute atomic E-state index is 13.9. The molecule has 2 aromatic carbocycles. The molecule has 0 spiro atoms. The number of nitrogens with one attached hydrogen (secondary N) is 2. The number of amides is 2. The first-order valence-electron chi connectivity index (χ1n) is 7.66. The molecule has 0 radical (unpaired) electrons. The van der Waals surface area contributed by atoms with E-state index in [1.165, 1.54) is 23.5 Å². The van der Waals surface area contributed by atoms with E-state index in [0.29, 0.717) is 28.4 Å². The van der Waals surface area contributed by atoms with Gasteiger partial charge in [-0.15, -0.1) is 11.3 Å². The smallest absolute Gasteiger partial charge is 0.262 e. The van der Waals surface area contributed by atoms with E-state index in [-0.39, 0.29) is 18.1 Å². The van der Waals surface area contributed by atoms with E-state index >= 15 is 0 Å². The summed E-state index contributed by atoms with van der Waals surface area (Å²) >= 11 is 1.39. The van der Waals surface area contributed by atoms with Crippen molar-refractivity contribution in [2.75, 3.05) is 17.2 Å². The van der Waals surface area contributed by atoms with Crippen LogP contribution in [0.5, 0.6) is 5.75 Å². The lowest BCUT2D eigenvalue weighted by atomic mass is 10.1. The number of carbonyl (C=O) groups is 2. The van der Waals surface area contributed by atoms with Crippen LogP contribution in [0.25, 0.3) is 11.3 Å². The molecule has 26 heavy (non-hydrogen) atoms. The number of aromatic nitrogens is 1. The van der Waals surface area contributed by atoms with Gasteiger partial charge in [-0.05, 0) is 30.3 Å². The van der Waals surface area contributed by atoms with E-state index < -0.39 is 11.7 Å². The Bertz CT molecular complexity index is 1000. The minimum atomic E-state index is -0.517. The van der Waals surface area contributed by atoms with Gasteiger partial charge in [-0.3, -0.25) is 9.59 Å². The lowest BCUT2D eigenvalue weighted by molar-refractivity contribution is -0.118. The number of hydrogen-bond acceptors (Lipinski definition) is 5. The van der Waals surface area contributed by atoms with E-state index in [1.807, 2.05) is 0 Å². The van der Waals surface area contributed by atoms with Crippen LogP contribution in [0.1, 0.15) is 10.4 Å². The summed E-state index contributed by atoms with van der Waals surface area (Å²) in [5.41, 5.74) is 3.99. The third-order valence-electron chi connectivity index (χ3n) is 3.76. The summed E-state index contributed by atoms with van der Waals surface area (Å²) in [6.07, 6.45) is 0. The van der Waals surface area contributed by atoms with Crippen molar-refractivity contribution in [2.45, 2.75) is 0 Å². The van der Waals surface area contributed by atoms with Gasteiger partial charge in [0.05, 0.1) is 16.9 Å². The van der Waals surface area contributed by atoms with Gasteiger partial charge in [0.15, 0.2) is 6.61 Å². The highest BCUT2D eigenvalue weighted by Gasteiger charge is 2.17. The van der Waals surface area contributed by atoms with Gasteiger partial charge in [0.25, 0.3) is 11.8 Å². The average Bonchev–Trinajstić information content (AvgIpc) is 3.16. The highest BCUT2D eigenvalue weighted by atomic mass is 32.1. The third-order valence-corrected chi connectivity index (χ3v) is 4.35. The van der Waals surface area contributed by atoms with Gasteiger partial charge in [0.1, 0.15) is 11.6 Å². The predicted molar refractivity (Wildman–Crippen MR) is 96.0 cm³/mol. The van der Waals surface area contributed by atoms with Crippen molar-refractivity contribution >= 4 is 34.5 Å². The lowest BCUT2D eigenvalue weighted by Gasteiger charge is -2.18. The largest absolute Gasteiger partial charge is 0.482 e. The molecule has 8 heteroatoms. The monoisotopic (exact) mass is 369 g/mol. The highest BCUT2D eigenvalue weighted by molar-refractivity contribution is 7.07. The van der Waals surface area contributed by atoms with Crippen LogP contribution in [0.4, 0.5) is 15.8 Å². The zero-order valence-corrected chi connectivity index (χ0v) is 14.1. The van der Waals surface area contributed by atoms with Crippen LogP contribution in [0.15, 0.2) is 47.3 Å². The van der Waals surface area contributed by atoms with Crippen molar-refractivity contribution in [3.63, 3.8) is 0 Å². The van der Waals surface area contributed by atoms with Crippen LogP contribution in [-0.2, 0) is 4.79 Å². The molecule has 130 valence electrons. The Morgan fingerprint density at radius 1 is 1.27 bits per heavy atom. The van der Waals surface area contributed by atoms with Crippen molar-refractivity contribution in [3.8, 4) is 17.0 Å². The summed E-state index contributed by atoms with van der Waals surface area (Å²) in [5, 5.41) is 7.16. The Morgan fingerprint density at radius 3 is 2.96 bits per heavy atom. The Hall–Kier alpha value is -3.26. The number of ether oxygens (including phenoxy) is 1. The Labute approximate surface area is 151 Å². The number of rotatable bonds is 3. The fraction of sp³-hybridized carbons (Fsp3) is 0.0556. The summed E-state index contributed by atoms with van der Waals surface area (Å²) in [5.74, 6) is -0.744. The second kappa shape index (κ2) is 6.57. The van der Waals surface area contributed by atoms with Crippen molar-refractivity contribution in [2.24, 2.45) is 0 Å². The van der Waals surface area contributed by atoms with Gasteiger partial charge in [-0.1, -0.05) is 0 Å². The fourth-order valence-electron chi connectivity index (χ4n) is 2.58. The summed E-state index contributed by atoms with van der Waals surface area (Å²) in [4.78, 5) is 27.9. The molecule has 0 bridgehead atoms. The molecule has 6 nitrogen and oxygen atoms in total. The molecule has 2 amide bonds. The van der Waals surface area contributed by atoms with Gasteiger partial charge in [-0.25, -0.2) is 9.37 Å². The topological polar surface area (TPSA) is 80.3 Å². The molecule has 3 aromatic rings. The van der Waals surface area contributed by atoms with Crippen LogP contribution in [0, 0.1) is 5.82 Å². The summed E-state index contributed by atoms with van der Waals surface area (Å²) < 4.78 is 19.2. The molecule has 0 atom stereocenters. The highest BCUT2D eigenvalue weighted by Crippen LogP contribution is 2.31. The SMILES string of the molecule is O=C1COc2cc(NC(=O)c3cc(F)cc(-c4cscn4)c3)ccc2N1. The zero-order chi connectivity index (χ0) is 18.1. The normalized spacial score (nSPS) is 12.7. The molecule has 1 aliphatic heterocycles. The van der Waals surface area contributed by atoms with Crippen LogP contribution in [0.3, 0.4) is 0 Å². The maximum atomic E-state index is 13.9. The molecular weight excluding hydrogens is 357 g/mol. The quantitative estimate of drug-likeness (QED) is 0.740. The maximum Gasteiger partial charge on any atom is 0.262 e. The second-order valence-corrected chi connectivity index (χ2v) is 6.32. The summed E-state index contributed by atoms with van der Waals surface area (Å²) in [6.45, 7) is -0.0781. The Morgan fingerprint density at radius 2 is 2.15 bits per heavy atom. The summed E-state index contributed by atoms with van der Waals surface area (Å²) in [6, 6.07) is 8.96. The summed E-state index contributed by atoms with van der Waals surface area (Å²) in [7, 11) is 0. The van der Waals surface area contributed by atoms with E-state index in [9.17, 15) is 14.0 Å². The van der Waals surface area contributed by atoms with Crippen LogP contribution in [-0.4, -0.2) is 23.4 Å². The molecule has 0 fully saturated rings. The van der Waals surface area contributed by atoms with Gasteiger partial charge >= 0.3 is 0 Å². The Balaban J connectivity index is 1.58. The number of halogens is 1. The van der Waals surface area contributed by atoms with E-state index in [4.69, 9.17) is 4.74 Å². The third kappa shape index (κ3) is 3.27. The molecule has 2 heterocycles. The van der Waals surface area contributed by atoms with Gasteiger partial charge in [0.2, 0.25) is 0 Å². The molecular formula is C18H12FN3O3S. The fourth-order valence-corrected chi connectivity index (χ4v) is 3.14. The van der Waals surface area contributed by atoms with Gasteiger partial charge < -0.3 is 15.4 Å². The molecule has 2 N–H and O–H groups in total. The van der Waals surface area contributed by atoms with E-state index in [1.54, 1.807) is 35.2 Å². The first-order valence-corrected chi connectivity index (χ1v) is 8.60. The second-order valence-electron chi connectivity index (χ2n) is 5.60. The zero-order valence-electron chi connectivity index (χ0n) is 13.3. The predicted octanol–water partition coefficient (Wildman–Crippen LogP) is 3.53. The number of anilines is 2. The number of hydrogen-bond donors (Lipinski definition) is 2. The van der Waals surface area contributed by atoms with Crippen molar-refractivity contribution < 1.29 is 18.7 Å². The van der Waals surface area contributed by atoms with E-state index in [0.717, 1.165) is 0 Å². The molecule has 1 aromatic heterocycles. The number of benzene rings is 2. The minimum Gasteiger partial charge on any atom is -0.482 e. The van der Waals surface area contributed by atoms with Crippen molar-refractivity contribution in [1.82, 2.24) is 4.98 Å². The van der Waals surface area contributed by atoms with Crippen LogP contribution >= 0.6 is 11.3 Å². The van der Waals surface area contributed by atoms with Gasteiger partial charge in [0, 0.05) is 28.3 Å². The standard InChI is InChI=1S/C18H12FN3O3S/c19-12-4-10(15-8-26-9-20-15)3-11(5-12)18(24)21-13-1-2-14-16(6-13)25-7-17(23)22-14/h1-6,8-9H,7H2,(H,21,24)(H,22,23).